The van der Waals surface area contributed by atoms with Crippen LogP contribution in [0.4, 0.5) is 11.4 Å². The summed E-state index contributed by atoms with van der Waals surface area (Å²) in [6.07, 6.45) is 2.89. The smallest absolute Gasteiger partial charge is 0.292 e. The summed E-state index contributed by atoms with van der Waals surface area (Å²) >= 11 is 0. The number of benzene rings is 2. The quantitative estimate of drug-likeness (QED) is 0.522. The summed E-state index contributed by atoms with van der Waals surface area (Å²) < 4.78 is 5.17. The average molecular weight is 298 g/mol. The summed E-state index contributed by atoms with van der Waals surface area (Å²) in [4.78, 5) is 22.2. The molecule has 112 valence electrons. The number of hydrogen-bond acceptors (Lipinski definition) is 4. The van der Waals surface area contributed by atoms with Gasteiger partial charge in [-0.05, 0) is 18.2 Å². The van der Waals surface area contributed by atoms with Gasteiger partial charge in [0.1, 0.15) is 11.4 Å². The molecule has 0 unspecified atom stereocenters. The number of nitrogens with zero attached hydrogens (tertiary/aromatic N) is 1. The predicted molar refractivity (Wildman–Crippen MR) is 83.8 cm³/mol. The first-order valence-electron chi connectivity index (χ1n) is 6.47. The predicted octanol–water partition coefficient (Wildman–Crippen LogP) is 3.26. The highest BCUT2D eigenvalue weighted by Gasteiger charge is 2.13. The summed E-state index contributed by atoms with van der Waals surface area (Å²) in [6, 6.07) is 13.2. The molecule has 0 spiro atoms. The SMILES string of the molecule is COc1ccccc1C=CC(=O)Nc1ccccc1[N+](=O)[O-]. The third-order valence-corrected chi connectivity index (χ3v) is 2.91. The molecule has 0 aliphatic heterocycles. The molecule has 6 heteroatoms. The van der Waals surface area contributed by atoms with Crippen LogP contribution in [0, 0.1) is 10.1 Å². The molecule has 2 rings (SSSR count). The first-order valence-corrected chi connectivity index (χ1v) is 6.47. The summed E-state index contributed by atoms with van der Waals surface area (Å²) in [5, 5.41) is 13.4. The molecule has 0 saturated carbocycles. The molecule has 0 atom stereocenters. The maximum absolute atomic E-state index is 11.9. The lowest BCUT2D eigenvalue weighted by Crippen LogP contribution is -2.09. The molecule has 0 fully saturated rings. The van der Waals surface area contributed by atoms with Gasteiger partial charge in [0, 0.05) is 17.7 Å². The Morgan fingerprint density at radius 2 is 1.86 bits per heavy atom. The maximum atomic E-state index is 11.9. The van der Waals surface area contributed by atoms with E-state index in [1.54, 1.807) is 37.5 Å². The van der Waals surface area contributed by atoms with Crippen molar-refractivity contribution in [3.63, 3.8) is 0 Å². The van der Waals surface area contributed by atoms with E-state index < -0.39 is 10.8 Å². The molecular formula is C16H14N2O4. The van der Waals surface area contributed by atoms with Gasteiger partial charge in [-0.15, -0.1) is 0 Å². The second kappa shape index (κ2) is 7.03. The molecule has 2 aromatic carbocycles. The number of ether oxygens (including phenoxy) is 1. The molecule has 1 N–H and O–H groups in total. The zero-order valence-electron chi connectivity index (χ0n) is 11.9. The van der Waals surface area contributed by atoms with Gasteiger partial charge < -0.3 is 10.1 Å². The number of hydrogen-bond donors (Lipinski definition) is 1. The first kappa shape index (κ1) is 15.2. The highest BCUT2D eigenvalue weighted by Crippen LogP contribution is 2.23. The van der Waals surface area contributed by atoms with Gasteiger partial charge in [0.25, 0.3) is 5.69 Å². The van der Waals surface area contributed by atoms with E-state index in [4.69, 9.17) is 4.74 Å². The number of carbonyl (C=O) groups is 1. The van der Waals surface area contributed by atoms with Crippen molar-refractivity contribution in [3.05, 3.63) is 70.3 Å². The second-order valence-corrected chi connectivity index (χ2v) is 4.34. The summed E-state index contributed by atoms with van der Waals surface area (Å²) in [5.74, 6) is 0.178. The number of para-hydroxylation sites is 3. The van der Waals surface area contributed by atoms with E-state index in [1.807, 2.05) is 12.1 Å². The lowest BCUT2D eigenvalue weighted by Gasteiger charge is -2.04. The fourth-order valence-corrected chi connectivity index (χ4v) is 1.88. The number of nitro groups is 1. The number of nitro benzene ring substituents is 1. The van der Waals surface area contributed by atoms with Crippen LogP contribution in [0.15, 0.2) is 54.6 Å². The second-order valence-electron chi connectivity index (χ2n) is 4.34. The van der Waals surface area contributed by atoms with E-state index >= 15 is 0 Å². The van der Waals surface area contributed by atoms with Crippen molar-refractivity contribution < 1.29 is 14.5 Å². The third kappa shape index (κ3) is 3.69. The van der Waals surface area contributed by atoms with E-state index in [9.17, 15) is 14.9 Å². The van der Waals surface area contributed by atoms with Crippen LogP contribution < -0.4 is 10.1 Å². The van der Waals surface area contributed by atoms with Gasteiger partial charge in [0.2, 0.25) is 5.91 Å². The molecule has 2 aromatic rings. The number of amides is 1. The number of carbonyl (C=O) groups excluding carboxylic acids is 1. The summed E-state index contributed by atoms with van der Waals surface area (Å²) in [5.41, 5.74) is 0.742. The monoisotopic (exact) mass is 298 g/mol. The van der Waals surface area contributed by atoms with Gasteiger partial charge >= 0.3 is 0 Å². The van der Waals surface area contributed by atoms with Gasteiger partial charge in [-0.1, -0.05) is 30.3 Å². The maximum Gasteiger partial charge on any atom is 0.292 e. The van der Waals surface area contributed by atoms with Crippen molar-refractivity contribution in [2.24, 2.45) is 0 Å². The molecule has 0 bridgehead atoms. The Kier molecular flexibility index (Phi) is 4.87. The highest BCUT2D eigenvalue weighted by molar-refractivity contribution is 6.03. The van der Waals surface area contributed by atoms with Crippen molar-refractivity contribution in [1.29, 1.82) is 0 Å². The van der Waals surface area contributed by atoms with E-state index in [0.717, 1.165) is 5.56 Å². The molecule has 0 aromatic heterocycles. The minimum Gasteiger partial charge on any atom is -0.496 e. The van der Waals surface area contributed by atoms with Gasteiger partial charge in [0.15, 0.2) is 0 Å². The average Bonchev–Trinajstić information content (AvgIpc) is 2.53. The van der Waals surface area contributed by atoms with Crippen molar-refractivity contribution in [3.8, 4) is 5.75 Å². The Morgan fingerprint density at radius 3 is 2.59 bits per heavy atom. The topological polar surface area (TPSA) is 81.5 Å². The molecular weight excluding hydrogens is 284 g/mol. The van der Waals surface area contributed by atoms with E-state index in [1.165, 1.54) is 18.2 Å². The standard InChI is InChI=1S/C16H14N2O4/c1-22-15-9-5-2-6-12(15)10-11-16(19)17-13-7-3-4-8-14(13)18(20)21/h2-11H,1H3,(H,17,19). The number of nitrogens with one attached hydrogen (secondary N) is 1. The Hall–Kier alpha value is -3.15. The Balaban J connectivity index is 2.14. The van der Waals surface area contributed by atoms with E-state index in [-0.39, 0.29) is 11.4 Å². The molecule has 1 amide bonds. The van der Waals surface area contributed by atoms with Crippen molar-refractivity contribution in [1.82, 2.24) is 0 Å². The van der Waals surface area contributed by atoms with Crippen LogP contribution in [0.25, 0.3) is 6.08 Å². The molecule has 0 heterocycles. The van der Waals surface area contributed by atoms with Crippen LogP contribution in [0.3, 0.4) is 0 Å². The molecule has 0 aliphatic rings. The number of anilines is 1. The minimum atomic E-state index is -0.542. The van der Waals surface area contributed by atoms with Crippen LogP contribution in [0.1, 0.15) is 5.56 Å². The zero-order valence-corrected chi connectivity index (χ0v) is 11.9. The molecule has 0 aliphatic carbocycles. The molecule has 0 saturated heterocycles. The Morgan fingerprint density at radius 1 is 1.18 bits per heavy atom. The van der Waals surface area contributed by atoms with Crippen LogP contribution in [0.2, 0.25) is 0 Å². The van der Waals surface area contributed by atoms with Gasteiger partial charge in [-0.25, -0.2) is 0 Å². The van der Waals surface area contributed by atoms with Gasteiger partial charge in [0.05, 0.1) is 12.0 Å². The van der Waals surface area contributed by atoms with E-state index in [0.29, 0.717) is 5.75 Å². The largest absolute Gasteiger partial charge is 0.496 e. The Labute approximate surface area is 127 Å². The molecule has 6 nitrogen and oxygen atoms in total. The van der Waals surface area contributed by atoms with Gasteiger partial charge in [-0.2, -0.15) is 0 Å². The van der Waals surface area contributed by atoms with Crippen LogP contribution in [-0.4, -0.2) is 17.9 Å². The fraction of sp³-hybridized carbons (Fsp3) is 0.0625. The zero-order chi connectivity index (χ0) is 15.9. The normalized spacial score (nSPS) is 10.4. The fourth-order valence-electron chi connectivity index (χ4n) is 1.88. The lowest BCUT2D eigenvalue weighted by atomic mass is 10.2. The van der Waals surface area contributed by atoms with Crippen LogP contribution in [0.5, 0.6) is 5.75 Å². The van der Waals surface area contributed by atoms with Crippen molar-refractivity contribution >= 4 is 23.4 Å². The first-order chi connectivity index (χ1) is 10.6. The summed E-state index contributed by atoms with van der Waals surface area (Å²) in [7, 11) is 1.54. The summed E-state index contributed by atoms with van der Waals surface area (Å²) in [6.45, 7) is 0. The van der Waals surface area contributed by atoms with Gasteiger partial charge in [-0.3, -0.25) is 14.9 Å². The van der Waals surface area contributed by atoms with Crippen LogP contribution in [-0.2, 0) is 4.79 Å². The van der Waals surface area contributed by atoms with Crippen LogP contribution >= 0.6 is 0 Å². The van der Waals surface area contributed by atoms with Crippen molar-refractivity contribution in [2.45, 2.75) is 0 Å². The third-order valence-electron chi connectivity index (χ3n) is 2.91. The Bertz CT molecular complexity index is 726. The van der Waals surface area contributed by atoms with Crippen molar-refractivity contribution in [2.75, 3.05) is 12.4 Å². The molecule has 0 radical (unpaired) electrons. The minimum absolute atomic E-state index is 0.151. The lowest BCUT2D eigenvalue weighted by molar-refractivity contribution is -0.383. The highest BCUT2D eigenvalue weighted by atomic mass is 16.6. The molecule has 22 heavy (non-hydrogen) atoms. The van der Waals surface area contributed by atoms with E-state index in [2.05, 4.69) is 5.32 Å². The number of methoxy groups -OCH3 is 1. The number of rotatable bonds is 5.